The maximum absolute atomic E-state index is 6.13. The van der Waals surface area contributed by atoms with Gasteiger partial charge in [-0.3, -0.25) is 4.90 Å². The third-order valence-corrected chi connectivity index (χ3v) is 6.26. The van der Waals surface area contributed by atoms with Gasteiger partial charge in [-0.1, -0.05) is 70.5 Å². The van der Waals surface area contributed by atoms with E-state index in [-0.39, 0.29) is 6.04 Å². The zero-order valence-corrected chi connectivity index (χ0v) is 19.5. The second-order valence-electron chi connectivity index (χ2n) is 7.62. The maximum Gasteiger partial charge on any atom is 0.161 e. The Balaban J connectivity index is 1.66. The standard InChI is InChI=1S/C26H29BrN2O2/c1-2-30-25-18-21(12-13-24(25)31-19-20-8-4-3-5-9-20)26(29-16-14-28-15-17-29)22-10-6-7-11-23(22)27/h3-13,18,26,28H,2,14-17,19H2,1H3. The summed E-state index contributed by atoms with van der Waals surface area (Å²) in [5.41, 5.74) is 3.62. The van der Waals surface area contributed by atoms with Gasteiger partial charge in [0.25, 0.3) is 0 Å². The Labute approximate surface area is 193 Å². The number of hydrogen-bond donors (Lipinski definition) is 1. The lowest BCUT2D eigenvalue weighted by atomic mass is 9.96. The van der Waals surface area contributed by atoms with Crippen molar-refractivity contribution in [2.45, 2.75) is 19.6 Å². The van der Waals surface area contributed by atoms with E-state index in [1.807, 2.05) is 25.1 Å². The van der Waals surface area contributed by atoms with Crippen molar-refractivity contribution in [1.82, 2.24) is 10.2 Å². The summed E-state index contributed by atoms with van der Waals surface area (Å²) in [5.74, 6) is 1.57. The first kappa shape index (κ1) is 21.9. The minimum absolute atomic E-state index is 0.153. The summed E-state index contributed by atoms with van der Waals surface area (Å²) in [4.78, 5) is 2.53. The fraction of sp³-hybridized carbons (Fsp3) is 0.308. The first-order chi connectivity index (χ1) is 15.3. The number of piperazine rings is 1. The highest BCUT2D eigenvalue weighted by molar-refractivity contribution is 9.10. The molecule has 162 valence electrons. The van der Waals surface area contributed by atoms with E-state index in [2.05, 4.69) is 80.7 Å². The lowest BCUT2D eigenvalue weighted by Gasteiger charge is -2.36. The number of ether oxygens (including phenoxy) is 2. The molecule has 0 radical (unpaired) electrons. The predicted molar refractivity (Wildman–Crippen MR) is 129 cm³/mol. The number of rotatable bonds is 8. The number of hydrogen-bond acceptors (Lipinski definition) is 4. The zero-order chi connectivity index (χ0) is 21.5. The molecule has 1 fully saturated rings. The van der Waals surface area contributed by atoms with E-state index in [1.54, 1.807) is 0 Å². The van der Waals surface area contributed by atoms with Crippen LogP contribution in [0.1, 0.15) is 29.7 Å². The van der Waals surface area contributed by atoms with E-state index in [0.29, 0.717) is 13.2 Å². The lowest BCUT2D eigenvalue weighted by molar-refractivity contribution is 0.197. The Morgan fingerprint density at radius 2 is 1.65 bits per heavy atom. The molecule has 0 aromatic heterocycles. The number of benzene rings is 3. The van der Waals surface area contributed by atoms with Crippen LogP contribution < -0.4 is 14.8 Å². The van der Waals surface area contributed by atoms with E-state index in [9.17, 15) is 0 Å². The molecular weight excluding hydrogens is 452 g/mol. The first-order valence-corrected chi connectivity index (χ1v) is 11.7. The molecule has 3 aromatic rings. The minimum Gasteiger partial charge on any atom is -0.490 e. The summed E-state index contributed by atoms with van der Waals surface area (Å²) in [6.07, 6.45) is 0. The Morgan fingerprint density at radius 1 is 0.903 bits per heavy atom. The van der Waals surface area contributed by atoms with Crippen LogP contribution in [0.2, 0.25) is 0 Å². The van der Waals surface area contributed by atoms with Gasteiger partial charge in [0.05, 0.1) is 12.6 Å². The highest BCUT2D eigenvalue weighted by Crippen LogP contribution is 2.38. The number of halogens is 1. The van der Waals surface area contributed by atoms with Gasteiger partial charge in [0.15, 0.2) is 11.5 Å². The lowest BCUT2D eigenvalue weighted by Crippen LogP contribution is -2.45. The second-order valence-corrected chi connectivity index (χ2v) is 8.48. The summed E-state index contributed by atoms with van der Waals surface area (Å²) in [6, 6.07) is 25.2. The van der Waals surface area contributed by atoms with Gasteiger partial charge in [-0.2, -0.15) is 0 Å². The molecule has 0 amide bonds. The molecular formula is C26H29BrN2O2. The van der Waals surface area contributed by atoms with Crippen LogP contribution in [0.3, 0.4) is 0 Å². The molecule has 0 bridgehead atoms. The molecule has 1 aliphatic heterocycles. The van der Waals surface area contributed by atoms with Gasteiger partial charge < -0.3 is 14.8 Å². The monoisotopic (exact) mass is 480 g/mol. The highest BCUT2D eigenvalue weighted by Gasteiger charge is 2.26. The third kappa shape index (κ3) is 5.48. The van der Waals surface area contributed by atoms with Gasteiger partial charge in [0, 0.05) is 30.7 Å². The molecule has 1 N–H and O–H groups in total. The average molecular weight is 481 g/mol. The normalized spacial score (nSPS) is 15.4. The van der Waals surface area contributed by atoms with E-state index in [4.69, 9.17) is 9.47 Å². The molecule has 5 heteroatoms. The molecule has 1 aliphatic rings. The van der Waals surface area contributed by atoms with Crippen LogP contribution >= 0.6 is 15.9 Å². The molecule has 0 saturated carbocycles. The van der Waals surface area contributed by atoms with Crippen molar-refractivity contribution in [3.05, 3.63) is 94.0 Å². The summed E-state index contributed by atoms with van der Waals surface area (Å²) in [7, 11) is 0. The molecule has 1 heterocycles. The SMILES string of the molecule is CCOc1cc(C(c2ccccc2Br)N2CCNCC2)ccc1OCc1ccccc1. The molecule has 0 spiro atoms. The van der Waals surface area contributed by atoms with Crippen LogP contribution in [0.5, 0.6) is 11.5 Å². The van der Waals surface area contributed by atoms with E-state index in [1.165, 1.54) is 11.1 Å². The van der Waals surface area contributed by atoms with Crippen LogP contribution in [0.4, 0.5) is 0 Å². The molecule has 1 unspecified atom stereocenters. The van der Waals surface area contributed by atoms with Crippen LogP contribution in [-0.2, 0) is 6.61 Å². The third-order valence-electron chi connectivity index (χ3n) is 5.54. The van der Waals surface area contributed by atoms with Crippen molar-refractivity contribution in [2.24, 2.45) is 0 Å². The van der Waals surface area contributed by atoms with E-state index >= 15 is 0 Å². The Morgan fingerprint density at radius 3 is 2.39 bits per heavy atom. The van der Waals surface area contributed by atoms with Gasteiger partial charge in [0.2, 0.25) is 0 Å². The molecule has 1 atom stereocenters. The highest BCUT2D eigenvalue weighted by atomic mass is 79.9. The predicted octanol–water partition coefficient (Wildman–Crippen LogP) is 5.42. The average Bonchev–Trinajstić information content (AvgIpc) is 2.82. The number of nitrogens with zero attached hydrogens (tertiary/aromatic N) is 1. The molecule has 4 rings (SSSR count). The van der Waals surface area contributed by atoms with Gasteiger partial charge in [0.1, 0.15) is 6.61 Å². The van der Waals surface area contributed by atoms with Gasteiger partial charge in [-0.25, -0.2) is 0 Å². The van der Waals surface area contributed by atoms with Crippen molar-refractivity contribution >= 4 is 15.9 Å². The second kappa shape index (κ2) is 10.8. The van der Waals surface area contributed by atoms with Crippen LogP contribution in [0, 0.1) is 0 Å². The van der Waals surface area contributed by atoms with Crippen LogP contribution in [-0.4, -0.2) is 37.7 Å². The van der Waals surface area contributed by atoms with Gasteiger partial charge >= 0.3 is 0 Å². The quantitative estimate of drug-likeness (QED) is 0.466. The van der Waals surface area contributed by atoms with Gasteiger partial charge in [-0.15, -0.1) is 0 Å². The smallest absolute Gasteiger partial charge is 0.161 e. The Bertz CT molecular complexity index is 974. The molecule has 1 saturated heterocycles. The molecule has 0 aliphatic carbocycles. The number of nitrogens with one attached hydrogen (secondary N) is 1. The first-order valence-electron chi connectivity index (χ1n) is 10.9. The Hall–Kier alpha value is -2.34. The summed E-state index contributed by atoms with van der Waals surface area (Å²) in [5, 5.41) is 3.46. The molecule has 3 aromatic carbocycles. The van der Waals surface area contributed by atoms with Crippen molar-refractivity contribution in [3.63, 3.8) is 0 Å². The van der Waals surface area contributed by atoms with Crippen molar-refractivity contribution in [3.8, 4) is 11.5 Å². The van der Waals surface area contributed by atoms with Gasteiger partial charge in [-0.05, 0) is 41.8 Å². The molecule has 31 heavy (non-hydrogen) atoms. The fourth-order valence-corrected chi connectivity index (χ4v) is 4.54. The summed E-state index contributed by atoms with van der Waals surface area (Å²) < 4.78 is 13.3. The van der Waals surface area contributed by atoms with Crippen LogP contribution in [0.15, 0.2) is 77.3 Å². The summed E-state index contributed by atoms with van der Waals surface area (Å²) >= 11 is 3.78. The van der Waals surface area contributed by atoms with Crippen molar-refractivity contribution < 1.29 is 9.47 Å². The Kier molecular flexibility index (Phi) is 7.62. The molecule has 4 nitrogen and oxygen atoms in total. The van der Waals surface area contributed by atoms with Crippen LogP contribution in [0.25, 0.3) is 0 Å². The van der Waals surface area contributed by atoms with E-state index < -0.39 is 0 Å². The topological polar surface area (TPSA) is 33.7 Å². The summed E-state index contributed by atoms with van der Waals surface area (Å²) in [6.45, 7) is 7.12. The van der Waals surface area contributed by atoms with E-state index in [0.717, 1.165) is 47.7 Å². The maximum atomic E-state index is 6.13. The van der Waals surface area contributed by atoms with Crippen molar-refractivity contribution in [1.29, 1.82) is 0 Å². The largest absolute Gasteiger partial charge is 0.490 e. The zero-order valence-electron chi connectivity index (χ0n) is 17.9. The minimum atomic E-state index is 0.153. The van der Waals surface area contributed by atoms with Crippen molar-refractivity contribution in [2.75, 3.05) is 32.8 Å². The fourth-order valence-electron chi connectivity index (χ4n) is 4.04.